The number of ether oxygens (including phenoxy) is 2. The van der Waals surface area contributed by atoms with Crippen LogP contribution in [-0.2, 0) is 60.0 Å². The summed E-state index contributed by atoms with van der Waals surface area (Å²) >= 11 is 9.53. The van der Waals surface area contributed by atoms with Crippen LogP contribution in [0.25, 0.3) is 22.3 Å². The summed E-state index contributed by atoms with van der Waals surface area (Å²) in [7, 11) is 0.982. The molecule has 470 valence electrons. The predicted octanol–water partition coefficient (Wildman–Crippen LogP) is 20.7. The molecule has 6 aromatic carbocycles. The summed E-state index contributed by atoms with van der Waals surface area (Å²) in [5, 5.41) is 10.9. The second-order valence-electron chi connectivity index (χ2n) is 27.6. The van der Waals surface area contributed by atoms with Gasteiger partial charge < -0.3 is 19.0 Å². The van der Waals surface area contributed by atoms with Gasteiger partial charge in [0.25, 0.3) is 0 Å². The Morgan fingerprint density at radius 3 is 1.09 bits per heavy atom. The molecule has 0 heterocycles. The van der Waals surface area contributed by atoms with Crippen LogP contribution in [0.1, 0.15) is 195 Å². The van der Waals surface area contributed by atoms with E-state index in [1.807, 2.05) is 24.3 Å². The highest BCUT2D eigenvalue weighted by Crippen LogP contribution is 2.45. The van der Waals surface area contributed by atoms with Crippen molar-refractivity contribution in [3.8, 4) is 22.3 Å². The van der Waals surface area contributed by atoms with Gasteiger partial charge in [0.1, 0.15) is 0 Å². The third-order valence-corrected chi connectivity index (χ3v) is 23.5. The van der Waals surface area contributed by atoms with Crippen LogP contribution >= 0.6 is 23.2 Å². The number of aryl methyl sites for hydroxylation is 6. The van der Waals surface area contributed by atoms with Gasteiger partial charge in [-0.25, -0.2) is 0 Å². The van der Waals surface area contributed by atoms with Crippen molar-refractivity contribution >= 4 is 43.5 Å². The van der Waals surface area contributed by atoms with Crippen LogP contribution < -0.4 is 0 Å². The molecule has 2 unspecified atom stereocenters. The highest BCUT2D eigenvalue weighted by Gasteiger charge is 2.42. The van der Waals surface area contributed by atoms with E-state index in [4.69, 9.17) is 37.1 Å². The molecule has 0 aliphatic rings. The summed E-state index contributed by atoms with van der Waals surface area (Å²) in [5.74, 6) is -0.439. The molecule has 86 heavy (non-hydrogen) atoms. The normalized spacial score (nSPS) is 13.0. The maximum Gasteiger partial charge on any atom is 0.309 e. The van der Waals surface area contributed by atoms with Gasteiger partial charge in [0.15, 0.2) is 8.32 Å². The smallest absolute Gasteiger partial charge is 0.309 e. The summed E-state index contributed by atoms with van der Waals surface area (Å²) < 4.78 is 16.6. The van der Waals surface area contributed by atoms with Crippen molar-refractivity contribution in [3.05, 3.63) is 188 Å². The summed E-state index contributed by atoms with van der Waals surface area (Å²) in [6, 6.07) is 44.5. The lowest BCUT2D eigenvalue weighted by Crippen LogP contribution is -2.47. The van der Waals surface area contributed by atoms with Gasteiger partial charge in [0, 0.05) is 10.8 Å². The molecule has 6 rings (SSSR count). The number of hydrogen-bond acceptors (Lipinski definition) is 6. The zero-order valence-electron chi connectivity index (χ0n) is 56.7. The Bertz CT molecular complexity index is 3110. The molecule has 9 heteroatoms. The number of aliphatic hydroxyl groups excluding tert-OH is 1. The quantitative estimate of drug-likeness (QED) is 0.0414. The van der Waals surface area contributed by atoms with Crippen LogP contribution in [0.4, 0.5) is 0 Å². The molecule has 0 bridgehead atoms. The Morgan fingerprint density at radius 1 is 0.488 bits per heavy atom. The van der Waals surface area contributed by atoms with Crippen molar-refractivity contribution in [1.82, 2.24) is 0 Å². The van der Waals surface area contributed by atoms with Crippen LogP contribution in [0.2, 0.25) is 18.1 Å². The second-order valence-corrected chi connectivity index (χ2v) is 33.2. The Kier molecular flexibility index (Phi) is 27.3. The lowest BCUT2D eigenvalue weighted by molar-refractivity contribution is -0.140. The maximum atomic E-state index is 11.7. The number of hydrogen-bond donors (Lipinski definition) is 1. The standard InChI is InChI=1S/C41H60O3Si.C35H46O3.CH2Cl2/c1-14-41(15-2,35-23-24-36(30(4)27-35)33-18-16-31(17-19-33)28-38(42)43-11)34-22-20-32(29(3)26-34)21-25-37(39(5,6)7)44-45(12,13)40(8,9)10;1-9-35(10-2,29-17-15-27(24(3)21-29)16-20-32(36)34(5,6)7)30-18-19-31(25(4)22-30)28-13-11-26(12-14-28)23-33(37)38-8;2-1-3/h16-20,22-24,26-27,37H,14-15,21,25,28H2,1-13H3;11-15,17-19,21-22,32,36H,9-10,16,20,23H2,1-8H3;1H2. The van der Waals surface area contributed by atoms with Crippen LogP contribution in [0.5, 0.6) is 0 Å². The highest BCUT2D eigenvalue weighted by molar-refractivity contribution is 6.74. The van der Waals surface area contributed by atoms with Gasteiger partial charge in [-0.3, -0.25) is 9.59 Å². The van der Waals surface area contributed by atoms with Crippen LogP contribution in [-0.4, -0.2) is 57.1 Å². The number of halogens is 2. The molecule has 0 amide bonds. The van der Waals surface area contributed by atoms with Crippen LogP contribution in [0.15, 0.2) is 121 Å². The summed E-state index contributed by atoms with van der Waals surface area (Å²) in [4.78, 5) is 23.3. The van der Waals surface area contributed by atoms with Crippen molar-refractivity contribution < 1.29 is 28.6 Å². The summed E-state index contributed by atoms with van der Waals surface area (Å²) in [6.07, 6.45) is 8.36. The molecule has 0 aromatic heterocycles. The molecule has 0 aliphatic heterocycles. The van der Waals surface area contributed by atoms with Crippen LogP contribution in [0, 0.1) is 38.5 Å². The first-order valence-corrected chi connectivity index (χ1v) is 35.4. The van der Waals surface area contributed by atoms with Gasteiger partial charge in [-0.15, -0.1) is 23.2 Å². The number of esters is 2. The Balaban J connectivity index is 0.000000357. The lowest BCUT2D eigenvalue weighted by Gasteiger charge is -2.43. The second kappa shape index (κ2) is 31.9. The minimum Gasteiger partial charge on any atom is -0.469 e. The lowest BCUT2D eigenvalue weighted by atomic mass is 9.69. The van der Waals surface area contributed by atoms with Crippen molar-refractivity contribution in [3.63, 3.8) is 0 Å². The average molecular weight is 1230 g/mol. The number of benzene rings is 6. The van der Waals surface area contributed by atoms with E-state index in [9.17, 15) is 14.7 Å². The molecule has 0 saturated heterocycles. The molecular weight excluding hydrogens is 1120 g/mol. The molecule has 0 spiro atoms. The van der Waals surface area contributed by atoms with Gasteiger partial charge >= 0.3 is 11.9 Å². The first-order chi connectivity index (χ1) is 40.2. The third kappa shape index (κ3) is 19.0. The zero-order chi connectivity index (χ0) is 64.6. The number of rotatable bonds is 22. The molecule has 0 radical (unpaired) electrons. The van der Waals surface area contributed by atoms with Gasteiger partial charge in [0.2, 0.25) is 0 Å². The van der Waals surface area contributed by atoms with Gasteiger partial charge in [-0.05, 0) is 197 Å². The largest absolute Gasteiger partial charge is 0.469 e. The Morgan fingerprint density at radius 2 is 0.814 bits per heavy atom. The van der Waals surface area contributed by atoms with E-state index in [2.05, 4.69) is 228 Å². The number of aliphatic hydroxyl groups is 1. The fraction of sp³-hybridized carbons (Fsp3) is 0.506. The Hall–Kier alpha value is -5.02. The predicted molar refractivity (Wildman–Crippen MR) is 370 cm³/mol. The zero-order valence-corrected chi connectivity index (χ0v) is 59.2. The van der Waals surface area contributed by atoms with Gasteiger partial charge in [-0.2, -0.15) is 0 Å². The summed E-state index contributed by atoms with van der Waals surface area (Å²) in [5.41, 5.74) is 20.0. The molecule has 0 aliphatic carbocycles. The SMILES string of the molecule is CCC(CC)(c1ccc(CCC(O)C(C)(C)C)c(C)c1)c1ccc(-c2ccc(CC(=O)OC)cc2)c(C)c1.CCC(CC)(c1ccc(CCC(O[Si](C)(C)C(C)(C)C)C(C)(C)C)c(C)c1)c1ccc(-c2ccc(CC(=O)OC)cc2)c(C)c1.ClCCl. The number of methoxy groups -OCH3 is 2. The Labute approximate surface area is 532 Å². The van der Waals surface area contributed by atoms with Crippen molar-refractivity contribution in [2.24, 2.45) is 10.8 Å². The van der Waals surface area contributed by atoms with E-state index >= 15 is 0 Å². The highest BCUT2D eigenvalue weighted by atomic mass is 35.5. The topological polar surface area (TPSA) is 82.1 Å². The molecule has 2 atom stereocenters. The molecular formula is C77H108Cl2O6Si. The summed E-state index contributed by atoms with van der Waals surface area (Å²) in [6.45, 7) is 43.1. The molecule has 0 saturated carbocycles. The van der Waals surface area contributed by atoms with E-state index < -0.39 is 8.32 Å². The van der Waals surface area contributed by atoms with E-state index in [-0.39, 0.29) is 56.2 Å². The minimum atomic E-state index is -1.87. The van der Waals surface area contributed by atoms with Crippen molar-refractivity contribution in [2.45, 2.75) is 223 Å². The molecule has 0 fully saturated rings. The third-order valence-electron chi connectivity index (χ3n) is 19.0. The average Bonchev–Trinajstić information content (AvgIpc) is 0.933. The van der Waals surface area contributed by atoms with Crippen molar-refractivity contribution in [1.29, 1.82) is 0 Å². The fourth-order valence-electron chi connectivity index (χ4n) is 11.9. The van der Waals surface area contributed by atoms with Gasteiger partial charge in [-0.1, -0.05) is 211 Å². The van der Waals surface area contributed by atoms with Gasteiger partial charge in [0.05, 0.1) is 44.6 Å². The fourth-order valence-corrected chi connectivity index (χ4v) is 13.4. The molecule has 6 aromatic rings. The molecule has 1 N–H and O–H groups in total. The van der Waals surface area contributed by atoms with E-state index in [0.29, 0.717) is 12.8 Å². The number of alkyl halides is 2. The molecule has 6 nitrogen and oxygen atoms in total. The first-order valence-electron chi connectivity index (χ1n) is 31.5. The van der Waals surface area contributed by atoms with E-state index in [0.717, 1.165) is 73.6 Å². The van der Waals surface area contributed by atoms with E-state index in [1.54, 1.807) is 0 Å². The monoisotopic (exact) mass is 1230 g/mol. The number of carbonyl (C=O) groups is 2. The van der Waals surface area contributed by atoms with E-state index in [1.165, 1.54) is 81.0 Å². The first kappa shape index (κ1) is 73.4. The maximum absolute atomic E-state index is 11.7. The van der Waals surface area contributed by atoms with Crippen molar-refractivity contribution in [2.75, 3.05) is 19.6 Å². The van der Waals surface area contributed by atoms with Crippen LogP contribution in [0.3, 0.4) is 0 Å². The number of carbonyl (C=O) groups excluding carboxylic acids is 2. The minimum absolute atomic E-state index is 0.0453.